The van der Waals surface area contributed by atoms with Crippen molar-refractivity contribution < 1.29 is 42.6 Å². The molecule has 2 aromatic carbocycles. The summed E-state index contributed by atoms with van der Waals surface area (Å²) >= 11 is 7.63. The highest BCUT2D eigenvalue weighted by atomic mass is 35.5. The van der Waals surface area contributed by atoms with Crippen molar-refractivity contribution in [1.82, 2.24) is 25.8 Å². The number of halogens is 2. The van der Waals surface area contributed by atoms with E-state index in [0.717, 1.165) is 34.3 Å². The highest BCUT2D eigenvalue weighted by Crippen LogP contribution is 2.41. The van der Waals surface area contributed by atoms with Crippen molar-refractivity contribution in [2.75, 3.05) is 76.0 Å². The number of amides is 4. The molecule has 0 saturated heterocycles. The van der Waals surface area contributed by atoms with Crippen molar-refractivity contribution in [2.24, 2.45) is 10.4 Å². The number of carbonyl (C=O) groups is 5. The maximum atomic E-state index is 14.6. The molecule has 65 heavy (non-hydrogen) atoms. The summed E-state index contributed by atoms with van der Waals surface area (Å²) in [7, 11) is 1.48. The van der Waals surface area contributed by atoms with Crippen molar-refractivity contribution in [2.45, 2.75) is 77.0 Å². The summed E-state index contributed by atoms with van der Waals surface area (Å²) in [6.45, 7) is 5.54. The fourth-order valence-electron chi connectivity index (χ4n) is 7.62. The number of nitrogens with one attached hydrogen (secondary N) is 5. The molecule has 352 valence electrons. The molecule has 1 aliphatic heterocycles. The van der Waals surface area contributed by atoms with E-state index >= 15 is 0 Å². The van der Waals surface area contributed by atoms with E-state index in [1.165, 1.54) is 18.0 Å². The van der Waals surface area contributed by atoms with E-state index in [-0.39, 0.29) is 67.0 Å². The molecule has 19 heteroatoms. The Morgan fingerprint density at radius 3 is 2.54 bits per heavy atom. The third kappa shape index (κ3) is 16.1. The van der Waals surface area contributed by atoms with Crippen LogP contribution in [0.2, 0.25) is 5.02 Å². The third-order valence-electron chi connectivity index (χ3n) is 11.2. The predicted octanol–water partition coefficient (Wildman–Crippen LogP) is 5.07. The van der Waals surface area contributed by atoms with Crippen molar-refractivity contribution in [3.05, 3.63) is 82.3 Å². The molecule has 2 heterocycles. The van der Waals surface area contributed by atoms with Crippen LogP contribution in [0.15, 0.2) is 59.6 Å². The largest absolute Gasteiger partial charge is 0.487 e. The van der Waals surface area contributed by atoms with E-state index in [4.69, 9.17) is 30.8 Å². The predicted molar refractivity (Wildman–Crippen MR) is 250 cm³/mol. The molecule has 4 amide bonds. The second kappa shape index (κ2) is 26.7. The van der Waals surface area contributed by atoms with Gasteiger partial charge in [-0.05, 0) is 86.6 Å². The van der Waals surface area contributed by atoms with Gasteiger partial charge in [0.2, 0.25) is 24.1 Å². The Hall–Kier alpha value is -5.14. The molecule has 1 unspecified atom stereocenters. The molecule has 1 saturated carbocycles. The van der Waals surface area contributed by atoms with Crippen LogP contribution in [0, 0.1) is 18.2 Å². The molecule has 16 nitrogen and oxygen atoms in total. The third-order valence-corrected chi connectivity index (χ3v) is 12.4. The number of likely N-dealkylation sites (N-methyl/N-ethyl adjacent to an activating group) is 1. The van der Waals surface area contributed by atoms with Gasteiger partial charge in [0.05, 0.1) is 55.9 Å². The normalized spacial score (nSPS) is 17.4. The molecule has 1 aromatic heterocycles. The molecule has 3 aromatic rings. The van der Waals surface area contributed by atoms with Crippen LogP contribution in [0.5, 0.6) is 5.75 Å². The minimum absolute atomic E-state index is 0.00147. The summed E-state index contributed by atoms with van der Waals surface area (Å²) in [6.07, 6.45) is 4.13. The zero-order valence-electron chi connectivity index (χ0n) is 37.0. The fraction of sp³-hybridized carbons (Fsp3) is 0.500. The molecule has 0 bridgehead atoms. The lowest BCUT2D eigenvalue weighted by Gasteiger charge is -2.39. The van der Waals surface area contributed by atoms with Gasteiger partial charge in [-0.25, -0.2) is 9.37 Å². The smallest absolute Gasteiger partial charge is 0.242 e. The van der Waals surface area contributed by atoms with Gasteiger partial charge < -0.3 is 50.5 Å². The summed E-state index contributed by atoms with van der Waals surface area (Å²) in [6, 6.07) is 15.0. The number of hydrogen-bond acceptors (Lipinski definition) is 13. The zero-order valence-corrected chi connectivity index (χ0v) is 38.6. The summed E-state index contributed by atoms with van der Waals surface area (Å²) < 4.78 is 31.9. The Bertz CT molecular complexity index is 2090. The number of aldehydes is 1. The van der Waals surface area contributed by atoms with Crippen molar-refractivity contribution >= 4 is 70.5 Å². The molecule has 1 atom stereocenters. The number of aliphatic imine (C=N–C) groups is 1. The Morgan fingerprint density at radius 1 is 1.02 bits per heavy atom. The highest BCUT2D eigenvalue weighted by Gasteiger charge is 2.43. The topological polar surface area (TPSA) is 202 Å². The van der Waals surface area contributed by atoms with Gasteiger partial charge in [-0.1, -0.05) is 41.6 Å². The Balaban J connectivity index is 0.985. The van der Waals surface area contributed by atoms with Crippen LogP contribution in [0.25, 0.3) is 0 Å². The van der Waals surface area contributed by atoms with Crippen molar-refractivity contribution in [1.29, 1.82) is 0 Å². The average molecular weight is 940 g/mol. The number of anilines is 2. The molecule has 1 aliphatic carbocycles. The molecule has 0 spiro atoms. The van der Waals surface area contributed by atoms with Crippen LogP contribution in [0.3, 0.4) is 0 Å². The monoisotopic (exact) mass is 938 g/mol. The minimum atomic E-state index is -0.800. The molecular weight excluding hydrogens is 879 g/mol. The van der Waals surface area contributed by atoms with E-state index in [9.17, 15) is 28.4 Å². The van der Waals surface area contributed by atoms with E-state index in [1.807, 2.05) is 31.2 Å². The van der Waals surface area contributed by atoms with Gasteiger partial charge in [-0.2, -0.15) is 0 Å². The number of aryl methyl sites for hydroxylation is 1. The molecule has 2 aliphatic rings. The Labute approximate surface area is 388 Å². The number of rotatable bonds is 27. The van der Waals surface area contributed by atoms with E-state index in [1.54, 1.807) is 36.0 Å². The van der Waals surface area contributed by atoms with Gasteiger partial charge in [-0.3, -0.25) is 24.2 Å². The lowest BCUT2D eigenvalue weighted by atomic mass is 9.69. The van der Waals surface area contributed by atoms with Gasteiger partial charge in [0.15, 0.2) is 16.7 Å². The van der Waals surface area contributed by atoms with Gasteiger partial charge >= 0.3 is 0 Å². The second-order valence-electron chi connectivity index (χ2n) is 15.8. The van der Waals surface area contributed by atoms with Crippen LogP contribution in [-0.2, 0) is 46.4 Å². The zero-order chi connectivity index (χ0) is 46.4. The van der Waals surface area contributed by atoms with Crippen molar-refractivity contribution in [3.8, 4) is 5.75 Å². The Morgan fingerprint density at radius 2 is 1.80 bits per heavy atom. The van der Waals surface area contributed by atoms with Crippen molar-refractivity contribution in [3.63, 3.8) is 0 Å². The summed E-state index contributed by atoms with van der Waals surface area (Å²) in [5.74, 6) is 0.463. The summed E-state index contributed by atoms with van der Waals surface area (Å²) in [5, 5.41) is 15.9. The first-order valence-electron chi connectivity index (χ1n) is 21.9. The number of carbonyl (C=O) groups excluding carboxylic acids is 5. The molecule has 5 rings (SSSR count). The first-order chi connectivity index (χ1) is 31.5. The molecular formula is C46H60ClFN8O8S. The van der Waals surface area contributed by atoms with E-state index < -0.39 is 17.3 Å². The average Bonchev–Trinajstić information content (AvgIpc) is 3.82. The van der Waals surface area contributed by atoms with Gasteiger partial charge in [0, 0.05) is 63.2 Å². The van der Waals surface area contributed by atoms with E-state index in [2.05, 4.69) is 31.6 Å². The van der Waals surface area contributed by atoms with Gasteiger partial charge in [0.1, 0.15) is 18.1 Å². The number of aromatic nitrogens is 1. The Kier molecular flexibility index (Phi) is 20.9. The van der Waals surface area contributed by atoms with Crippen LogP contribution in [-0.4, -0.2) is 123 Å². The van der Waals surface area contributed by atoms with Gasteiger partial charge in [0.25, 0.3) is 0 Å². The standard InChI is InChI=1S/C46H60ClFN8O8S/c1-32-11-12-34(28-33(32)30-56(31-58)38(8-5-22-57)43(60)49-2)54-41(59)15-23-62-25-26-63-24-20-50-18-19-51-44(61)46(29-35-6-3-10-40(53-35)55-45-52-21-27-65-45)16-13-36(14-17-46)64-39-9-4-7-37(47)42(39)48/h3-4,6-7,9-12,22,28,31,36,38,50H,5,8,13-21,23-27,29-30H2,1-2H3,(H,49,60)(H,51,61)(H,54,59)(H,52,53,55). The molecule has 5 N–H and O–H groups in total. The number of pyridine rings is 1. The first kappa shape index (κ1) is 50.9. The number of hydrogen-bond donors (Lipinski definition) is 5. The number of thioether (sulfide) groups is 1. The quantitative estimate of drug-likeness (QED) is 0.0503. The number of ether oxygens (including phenoxy) is 3. The summed E-state index contributed by atoms with van der Waals surface area (Å²) in [5.41, 5.74) is 2.23. The summed E-state index contributed by atoms with van der Waals surface area (Å²) in [4.78, 5) is 72.5. The minimum Gasteiger partial charge on any atom is -0.487 e. The van der Waals surface area contributed by atoms with Crippen LogP contribution in [0.1, 0.15) is 61.8 Å². The second-order valence-corrected chi connectivity index (χ2v) is 17.3. The highest BCUT2D eigenvalue weighted by molar-refractivity contribution is 8.14. The number of benzene rings is 2. The lowest BCUT2D eigenvalue weighted by molar-refractivity contribution is -0.134. The SMILES string of the molecule is CNC(=O)C(CCC=O)N(C=O)Cc1cc(NC(=O)CCOCCOCCNCCNC(=O)C2(Cc3cccc(NC4=NCCS4)n3)CCC(Oc3cccc(Cl)c3F)CC2)ccc1C. The number of nitrogens with zero attached hydrogens (tertiary/aromatic N) is 3. The fourth-order valence-corrected chi connectivity index (χ4v) is 8.53. The lowest BCUT2D eigenvalue weighted by Crippen LogP contribution is -2.48. The number of amidine groups is 1. The van der Waals surface area contributed by atoms with E-state index in [0.29, 0.717) is 95.8 Å². The maximum absolute atomic E-state index is 14.6. The van der Waals surface area contributed by atoms with Crippen LogP contribution in [0.4, 0.5) is 15.9 Å². The molecule has 0 radical (unpaired) electrons. The van der Waals surface area contributed by atoms with Crippen LogP contribution >= 0.6 is 23.4 Å². The maximum Gasteiger partial charge on any atom is 0.242 e. The van der Waals surface area contributed by atoms with Gasteiger partial charge in [-0.15, -0.1) is 0 Å². The molecule has 1 fully saturated rings. The first-order valence-corrected chi connectivity index (χ1v) is 23.3. The van der Waals surface area contributed by atoms with Crippen LogP contribution < -0.4 is 31.3 Å².